The van der Waals surface area contributed by atoms with Crippen LogP contribution in [0.15, 0.2) is 29.2 Å². The predicted octanol–water partition coefficient (Wildman–Crippen LogP) is 4.08. The van der Waals surface area contributed by atoms with E-state index >= 15 is 0 Å². The number of halogens is 3. The molecule has 3 rings (SSSR count). The molecule has 2 aromatic rings. The summed E-state index contributed by atoms with van der Waals surface area (Å²) in [5.74, 6) is -0.393. The fraction of sp³-hybridized carbons (Fsp3) is 0.421. The van der Waals surface area contributed by atoms with Crippen LogP contribution in [0.3, 0.4) is 0 Å². The molecule has 1 aliphatic rings. The van der Waals surface area contributed by atoms with Crippen molar-refractivity contribution in [2.24, 2.45) is 0 Å². The normalized spacial score (nSPS) is 15.4. The first kappa shape index (κ1) is 21.2. The summed E-state index contributed by atoms with van der Waals surface area (Å²) in [6.45, 7) is 4.21. The van der Waals surface area contributed by atoms with Crippen LogP contribution >= 0.6 is 0 Å². The fourth-order valence-electron chi connectivity index (χ4n) is 3.57. The van der Waals surface area contributed by atoms with Crippen LogP contribution in [0.1, 0.15) is 46.6 Å². The molecule has 1 fully saturated rings. The first-order valence-electron chi connectivity index (χ1n) is 9.19. The Morgan fingerprint density at radius 3 is 2.38 bits per heavy atom. The predicted molar refractivity (Wildman–Crippen MR) is 102 cm³/mol. The molecule has 0 aliphatic carbocycles. The molecule has 10 heteroatoms. The number of nitrogens with one attached hydrogen (secondary N) is 2. The summed E-state index contributed by atoms with van der Waals surface area (Å²) in [7, 11) is -4.30. The van der Waals surface area contributed by atoms with E-state index in [4.69, 9.17) is 0 Å². The van der Waals surface area contributed by atoms with E-state index in [0.717, 1.165) is 37.5 Å². The molecule has 6 nitrogen and oxygen atoms in total. The molecule has 0 spiro atoms. The van der Waals surface area contributed by atoms with Crippen molar-refractivity contribution in [3.63, 3.8) is 0 Å². The maximum absolute atomic E-state index is 13.0. The second-order valence-electron chi connectivity index (χ2n) is 7.12. The van der Waals surface area contributed by atoms with Crippen LogP contribution in [-0.2, 0) is 16.2 Å². The molecule has 2 N–H and O–H groups in total. The highest BCUT2D eigenvalue weighted by molar-refractivity contribution is 7.92. The molecule has 0 radical (unpaired) electrons. The van der Waals surface area contributed by atoms with Crippen molar-refractivity contribution in [1.82, 2.24) is 9.88 Å². The fourth-order valence-corrected chi connectivity index (χ4v) is 5.07. The Hall–Kier alpha value is -2.49. The Morgan fingerprint density at radius 1 is 1.10 bits per heavy atom. The zero-order chi connectivity index (χ0) is 21.4. The van der Waals surface area contributed by atoms with E-state index < -0.39 is 27.7 Å². The van der Waals surface area contributed by atoms with Gasteiger partial charge < -0.3 is 9.88 Å². The number of aryl methyl sites for hydroxylation is 2. The van der Waals surface area contributed by atoms with Crippen molar-refractivity contribution in [3.05, 3.63) is 46.8 Å². The van der Waals surface area contributed by atoms with Gasteiger partial charge in [0.05, 0.1) is 11.1 Å². The Morgan fingerprint density at radius 2 is 1.76 bits per heavy atom. The molecule has 1 aromatic carbocycles. The Bertz CT molecular complexity index is 1020. The first-order chi connectivity index (χ1) is 13.5. The molecule has 2 heterocycles. The van der Waals surface area contributed by atoms with E-state index in [-0.39, 0.29) is 21.8 Å². The van der Waals surface area contributed by atoms with Gasteiger partial charge in [0.2, 0.25) is 0 Å². The van der Waals surface area contributed by atoms with Crippen molar-refractivity contribution in [3.8, 4) is 0 Å². The Balaban J connectivity index is 1.98. The van der Waals surface area contributed by atoms with Crippen LogP contribution in [0.5, 0.6) is 0 Å². The van der Waals surface area contributed by atoms with E-state index in [1.165, 1.54) is 13.0 Å². The summed E-state index contributed by atoms with van der Waals surface area (Å²) < 4.78 is 67.0. The zero-order valence-electron chi connectivity index (χ0n) is 16.1. The highest BCUT2D eigenvalue weighted by Crippen LogP contribution is 2.32. The number of hydrogen-bond donors (Lipinski definition) is 2. The number of nitrogens with zero attached hydrogens (tertiary/aromatic N) is 1. The van der Waals surface area contributed by atoms with E-state index in [2.05, 4.69) is 9.71 Å². The Labute approximate surface area is 167 Å². The third-order valence-electron chi connectivity index (χ3n) is 4.89. The van der Waals surface area contributed by atoms with Crippen LogP contribution in [-0.4, -0.2) is 37.3 Å². The molecule has 0 unspecified atom stereocenters. The number of hydrogen-bond acceptors (Lipinski definition) is 3. The summed E-state index contributed by atoms with van der Waals surface area (Å²) in [6, 6.07) is 3.93. The van der Waals surface area contributed by atoms with Crippen LogP contribution < -0.4 is 4.72 Å². The van der Waals surface area contributed by atoms with Gasteiger partial charge in [-0.3, -0.25) is 9.52 Å². The number of carbonyl (C=O) groups is 1. The largest absolute Gasteiger partial charge is 0.416 e. The van der Waals surface area contributed by atoms with Crippen molar-refractivity contribution in [2.45, 2.75) is 44.2 Å². The highest BCUT2D eigenvalue weighted by Gasteiger charge is 2.33. The average molecular weight is 429 g/mol. The van der Waals surface area contributed by atoms with Gasteiger partial charge in [0.25, 0.3) is 15.9 Å². The lowest BCUT2D eigenvalue weighted by atomic mass is 10.1. The van der Waals surface area contributed by atoms with Crippen molar-refractivity contribution >= 4 is 21.6 Å². The van der Waals surface area contributed by atoms with Gasteiger partial charge in [0, 0.05) is 30.2 Å². The molecule has 1 saturated heterocycles. The second kappa shape index (κ2) is 7.74. The molecule has 1 aliphatic heterocycles. The number of rotatable bonds is 4. The molecule has 0 atom stereocenters. The number of alkyl halides is 3. The number of sulfonamides is 1. The van der Waals surface area contributed by atoms with Gasteiger partial charge in [0.15, 0.2) is 0 Å². The van der Waals surface area contributed by atoms with E-state index in [1.54, 1.807) is 11.8 Å². The number of piperidine rings is 1. The van der Waals surface area contributed by atoms with Gasteiger partial charge in [-0.05, 0) is 51.3 Å². The number of likely N-dealkylation sites (tertiary alicyclic amines) is 1. The molecule has 1 aromatic heterocycles. The number of carbonyl (C=O) groups excluding carboxylic acids is 1. The number of benzene rings is 1. The minimum Gasteiger partial charge on any atom is -0.361 e. The summed E-state index contributed by atoms with van der Waals surface area (Å²) in [4.78, 5) is 17.3. The average Bonchev–Trinajstić information content (AvgIpc) is 2.95. The monoisotopic (exact) mass is 429 g/mol. The number of anilines is 1. The lowest BCUT2D eigenvalue weighted by Crippen LogP contribution is -2.36. The van der Waals surface area contributed by atoms with E-state index in [0.29, 0.717) is 18.8 Å². The smallest absolute Gasteiger partial charge is 0.361 e. The summed E-state index contributed by atoms with van der Waals surface area (Å²) in [5.41, 5.74) is -0.507. The third-order valence-corrected chi connectivity index (χ3v) is 6.44. The molecule has 1 amide bonds. The number of amides is 1. The van der Waals surface area contributed by atoms with Gasteiger partial charge >= 0.3 is 6.18 Å². The number of aromatic nitrogens is 1. The minimum atomic E-state index is -4.60. The molecule has 158 valence electrons. The van der Waals surface area contributed by atoms with Crippen molar-refractivity contribution < 1.29 is 26.4 Å². The quantitative estimate of drug-likeness (QED) is 0.769. The lowest BCUT2D eigenvalue weighted by molar-refractivity contribution is -0.137. The van der Waals surface area contributed by atoms with Gasteiger partial charge in [-0.2, -0.15) is 13.2 Å². The standard InChI is InChI=1S/C19H22F3N3O3S/c1-12-16(18(26)25-9-4-3-5-10-25)17(13(2)23-12)29(27,28)24-15-8-6-7-14(11-15)19(20,21)22/h6-8,11,23-24H,3-5,9-10H2,1-2H3. The maximum atomic E-state index is 13.0. The lowest BCUT2D eigenvalue weighted by Gasteiger charge is -2.27. The van der Waals surface area contributed by atoms with Gasteiger partial charge in [-0.15, -0.1) is 0 Å². The topological polar surface area (TPSA) is 82.3 Å². The van der Waals surface area contributed by atoms with Crippen LogP contribution in [0.4, 0.5) is 18.9 Å². The van der Waals surface area contributed by atoms with E-state index in [1.807, 2.05) is 0 Å². The number of H-pyrrole nitrogens is 1. The van der Waals surface area contributed by atoms with Gasteiger partial charge in [0.1, 0.15) is 4.90 Å². The molecule has 0 bridgehead atoms. The molecule has 0 saturated carbocycles. The number of aromatic amines is 1. The third kappa shape index (κ3) is 4.42. The summed E-state index contributed by atoms with van der Waals surface area (Å²) in [6.07, 6.45) is -1.90. The maximum Gasteiger partial charge on any atom is 0.416 e. The van der Waals surface area contributed by atoms with Crippen LogP contribution in [0.25, 0.3) is 0 Å². The van der Waals surface area contributed by atoms with Crippen molar-refractivity contribution in [1.29, 1.82) is 0 Å². The summed E-state index contributed by atoms with van der Waals surface area (Å²) in [5, 5.41) is 0. The van der Waals surface area contributed by atoms with Crippen LogP contribution in [0.2, 0.25) is 0 Å². The van der Waals surface area contributed by atoms with Gasteiger partial charge in [-0.1, -0.05) is 6.07 Å². The van der Waals surface area contributed by atoms with Crippen molar-refractivity contribution in [2.75, 3.05) is 17.8 Å². The molecular formula is C19H22F3N3O3S. The highest BCUT2D eigenvalue weighted by atomic mass is 32.2. The molecular weight excluding hydrogens is 407 g/mol. The Kier molecular flexibility index (Phi) is 5.66. The summed E-state index contributed by atoms with van der Waals surface area (Å²) >= 11 is 0. The van der Waals surface area contributed by atoms with Crippen LogP contribution in [0, 0.1) is 13.8 Å². The first-order valence-corrected chi connectivity index (χ1v) is 10.7. The van der Waals surface area contributed by atoms with Gasteiger partial charge in [-0.25, -0.2) is 8.42 Å². The second-order valence-corrected chi connectivity index (χ2v) is 8.74. The zero-order valence-corrected chi connectivity index (χ0v) is 16.9. The SMILES string of the molecule is Cc1[nH]c(C)c(S(=O)(=O)Nc2cccc(C(F)(F)F)c2)c1C(=O)N1CCCCC1. The molecule has 29 heavy (non-hydrogen) atoms. The van der Waals surface area contributed by atoms with E-state index in [9.17, 15) is 26.4 Å². The minimum absolute atomic E-state index is 0.0314.